The third-order valence-electron chi connectivity index (χ3n) is 4.06. The van der Waals surface area contributed by atoms with E-state index < -0.39 is 34.7 Å². The van der Waals surface area contributed by atoms with E-state index in [1.54, 1.807) is 4.90 Å². The Morgan fingerprint density at radius 2 is 1.73 bits per heavy atom. The molecule has 0 radical (unpaired) electrons. The smallest absolute Gasteiger partial charge is 0.332 e. The molecule has 0 aromatic rings. The number of piperidine rings is 1. The largest absolute Gasteiger partial charge is 0.406 e. The summed E-state index contributed by atoms with van der Waals surface area (Å²) in [5, 5.41) is 0. The van der Waals surface area contributed by atoms with E-state index in [0.717, 1.165) is 11.2 Å². The summed E-state index contributed by atoms with van der Waals surface area (Å²) in [5.41, 5.74) is 0. The first kappa shape index (κ1) is 17.5. The van der Waals surface area contributed by atoms with Gasteiger partial charge in [-0.25, -0.2) is 8.42 Å². The molecule has 2 rings (SSSR count). The minimum Gasteiger partial charge on any atom is -0.332 e. The lowest BCUT2D eigenvalue weighted by Gasteiger charge is -2.42. The number of hydrogen-bond acceptors (Lipinski definition) is 4. The predicted molar refractivity (Wildman–Crippen MR) is 73.6 cm³/mol. The molecule has 0 aromatic carbocycles. The van der Waals surface area contributed by atoms with Crippen LogP contribution in [-0.2, 0) is 14.8 Å². The minimum atomic E-state index is -4.40. The van der Waals surface area contributed by atoms with Gasteiger partial charge in [-0.1, -0.05) is 0 Å². The molecule has 10 heteroatoms. The van der Waals surface area contributed by atoms with Crippen LogP contribution in [0.2, 0.25) is 0 Å². The van der Waals surface area contributed by atoms with Crippen molar-refractivity contribution in [1.82, 2.24) is 14.1 Å². The number of carbonyl (C=O) groups excluding carboxylic acids is 1. The van der Waals surface area contributed by atoms with E-state index in [1.807, 2.05) is 0 Å². The van der Waals surface area contributed by atoms with E-state index >= 15 is 0 Å². The van der Waals surface area contributed by atoms with Gasteiger partial charge in [0.05, 0.1) is 12.3 Å². The maximum absolute atomic E-state index is 12.5. The molecule has 0 saturated carbocycles. The Bertz CT molecular complexity index is 515. The van der Waals surface area contributed by atoms with E-state index in [2.05, 4.69) is 0 Å². The lowest BCUT2D eigenvalue weighted by molar-refractivity contribution is -0.168. The average molecular weight is 343 g/mol. The number of hydrogen-bond donors (Lipinski definition) is 0. The van der Waals surface area contributed by atoms with Gasteiger partial charge >= 0.3 is 6.18 Å². The Balaban J connectivity index is 1.97. The molecule has 1 atom stereocenters. The highest BCUT2D eigenvalue weighted by Crippen LogP contribution is 2.23. The summed E-state index contributed by atoms with van der Waals surface area (Å²) in [4.78, 5) is 14.9. The second kappa shape index (κ2) is 6.32. The topological polar surface area (TPSA) is 60.9 Å². The predicted octanol–water partition coefficient (Wildman–Crippen LogP) is 0.117. The standard InChI is InChI=1S/C12H20F3N3O3S/c1-22(20,21)18-7-5-16(6-8-18)10-3-2-4-17(11(10)19)9-12(13,14)15/h10H,2-9H2,1H3/t10-/m1/s1. The first-order chi connectivity index (χ1) is 10.1. The monoisotopic (exact) mass is 343 g/mol. The molecule has 2 heterocycles. The summed E-state index contributed by atoms with van der Waals surface area (Å²) in [5.74, 6) is -0.503. The van der Waals surface area contributed by atoms with Gasteiger partial charge in [-0.2, -0.15) is 17.5 Å². The molecule has 0 spiro atoms. The van der Waals surface area contributed by atoms with Crippen LogP contribution in [0.4, 0.5) is 13.2 Å². The Kier molecular flexibility index (Phi) is 5.03. The second-order valence-corrected chi connectivity index (χ2v) is 7.71. The highest BCUT2D eigenvalue weighted by Gasteiger charge is 2.40. The molecule has 2 aliphatic rings. The van der Waals surface area contributed by atoms with Crippen molar-refractivity contribution in [1.29, 1.82) is 0 Å². The summed E-state index contributed by atoms with van der Waals surface area (Å²) in [7, 11) is -3.27. The van der Waals surface area contributed by atoms with Gasteiger partial charge in [0, 0.05) is 32.7 Å². The average Bonchev–Trinajstić information content (AvgIpc) is 2.39. The maximum Gasteiger partial charge on any atom is 0.406 e. The molecular formula is C12H20F3N3O3S. The number of halogens is 3. The zero-order valence-electron chi connectivity index (χ0n) is 12.3. The van der Waals surface area contributed by atoms with Gasteiger partial charge in [-0.15, -0.1) is 0 Å². The fraction of sp³-hybridized carbons (Fsp3) is 0.917. The van der Waals surface area contributed by atoms with E-state index in [1.165, 1.54) is 4.31 Å². The highest BCUT2D eigenvalue weighted by atomic mass is 32.2. The Morgan fingerprint density at radius 1 is 1.14 bits per heavy atom. The Labute approximate surface area is 127 Å². The Hall–Kier alpha value is -0.870. The zero-order valence-corrected chi connectivity index (χ0v) is 13.2. The van der Waals surface area contributed by atoms with Gasteiger partial charge in [-0.05, 0) is 12.8 Å². The van der Waals surface area contributed by atoms with E-state index in [-0.39, 0.29) is 19.6 Å². The van der Waals surface area contributed by atoms with Crippen molar-refractivity contribution in [2.24, 2.45) is 0 Å². The van der Waals surface area contributed by atoms with Crippen LogP contribution in [0.15, 0.2) is 0 Å². The number of likely N-dealkylation sites (tertiary alicyclic amines) is 1. The summed E-state index contributed by atoms with van der Waals surface area (Å²) in [6.07, 6.45) is -2.23. The highest BCUT2D eigenvalue weighted by molar-refractivity contribution is 7.88. The molecule has 0 aromatic heterocycles. The number of piperazine rings is 1. The number of sulfonamides is 1. The van der Waals surface area contributed by atoms with Gasteiger partial charge in [0.25, 0.3) is 0 Å². The van der Waals surface area contributed by atoms with Crippen LogP contribution in [-0.4, -0.2) is 86.2 Å². The van der Waals surface area contributed by atoms with Gasteiger partial charge in [-0.3, -0.25) is 9.69 Å². The van der Waals surface area contributed by atoms with Crippen molar-refractivity contribution in [3.05, 3.63) is 0 Å². The van der Waals surface area contributed by atoms with Crippen LogP contribution in [0, 0.1) is 0 Å². The summed E-state index contributed by atoms with van der Waals surface area (Å²) < 4.78 is 61.7. The van der Waals surface area contributed by atoms with Gasteiger partial charge in [0.2, 0.25) is 15.9 Å². The van der Waals surface area contributed by atoms with Crippen molar-refractivity contribution in [2.75, 3.05) is 45.5 Å². The van der Waals surface area contributed by atoms with E-state index in [4.69, 9.17) is 0 Å². The molecule has 22 heavy (non-hydrogen) atoms. The zero-order chi connectivity index (χ0) is 16.5. The fourth-order valence-electron chi connectivity index (χ4n) is 2.98. The molecule has 0 unspecified atom stereocenters. The molecule has 1 amide bonds. The number of carbonyl (C=O) groups is 1. The molecular weight excluding hydrogens is 323 g/mol. The molecule has 0 bridgehead atoms. The number of rotatable bonds is 3. The van der Waals surface area contributed by atoms with Crippen LogP contribution in [0.1, 0.15) is 12.8 Å². The second-order valence-electron chi connectivity index (χ2n) is 5.73. The van der Waals surface area contributed by atoms with Gasteiger partial charge in [0.15, 0.2) is 0 Å². The summed E-state index contributed by atoms with van der Waals surface area (Å²) >= 11 is 0. The summed E-state index contributed by atoms with van der Waals surface area (Å²) in [6.45, 7) is 0.167. The van der Waals surface area contributed by atoms with Crippen LogP contribution in [0.3, 0.4) is 0 Å². The SMILES string of the molecule is CS(=O)(=O)N1CCN([C@@H]2CCCN(CC(F)(F)F)C2=O)CC1. The fourth-order valence-corrected chi connectivity index (χ4v) is 3.81. The van der Waals surface area contributed by atoms with Crippen LogP contribution < -0.4 is 0 Å². The first-order valence-electron chi connectivity index (χ1n) is 7.12. The molecule has 6 nitrogen and oxygen atoms in total. The van der Waals surface area contributed by atoms with Gasteiger partial charge in [0.1, 0.15) is 6.54 Å². The molecule has 0 aliphatic carbocycles. The van der Waals surface area contributed by atoms with E-state index in [9.17, 15) is 26.4 Å². The molecule has 128 valence electrons. The van der Waals surface area contributed by atoms with Crippen molar-refractivity contribution >= 4 is 15.9 Å². The molecule has 2 aliphatic heterocycles. The van der Waals surface area contributed by atoms with Crippen molar-refractivity contribution in [3.63, 3.8) is 0 Å². The number of alkyl halides is 3. The van der Waals surface area contributed by atoms with Crippen molar-refractivity contribution in [3.8, 4) is 0 Å². The van der Waals surface area contributed by atoms with Crippen molar-refractivity contribution in [2.45, 2.75) is 25.1 Å². The number of nitrogens with zero attached hydrogens (tertiary/aromatic N) is 3. The van der Waals surface area contributed by atoms with Gasteiger partial charge < -0.3 is 4.90 Å². The minimum absolute atomic E-state index is 0.123. The van der Waals surface area contributed by atoms with Crippen molar-refractivity contribution < 1.29 is 26.4 Å². The first-order valence-corrected chi connectivity index (χ1v) is 8.97. The lowest BCUT2D eigenvalue weighted by Crippen LogP contribution is -2.59. The van der Waals surface area contributed by atoms with Crippen LogP contribution in [0.25, 0.3) is 0 Å². The van der Waals surface area contributed by atoms with Crippen LogP contribution in [0.5, 0.6) is 0 Å². The molecule has 2 fully saturated rings. The molecule has 2 saturated heterocycles. The lowest BCUT2D eigenvalue weighted by atomic mass is 10.0. The normalized spacial score (nSPS) is 26.5. The third-order valence-corrected chi connectivity index (χ3v) is 5.36. The number of amides is 1. The Morgan fingerprint density at radius 3 is 2.23 bits per heavy atom. The molecule has 0 N–H and O–H groups in total. The maximum atomic E-state index is 12.5. The third kappa shape index (κ3) is 4.32. The summed E-state index contributed by atoms with van der Waals surface area (Å²) in [6, 6.07) is -0.571. The van der Waals surface area contributed by atoms with E-state index in [0.29, 0.717) is 25.9 Å². The quantitative estimate of drug-likeness (QED) is 0.730. The van der Waals surface area contributed by atoms with Crippen LogP contribution >= 0.6 is 0 Å².